The minimum Gasteiger partial charge on any atom is -0.457 e. The Balaban J connectivity index is 1.53. The fourth-order valence-electron chi connectivity index (χ4n) is 4.08. The number of amides is 1. The van der Waals surface area contributed by atoms with Gasteiger partial charge in [0.2, 0.25) is 0 Å². The maximum Gasteiger partial charge on any atom is 0.254 e. The third-order valence-corrected chi connectivity index (χ3v) is 6.12. The molecule has 1 saturated carbocycles. The first-order chi connectivity index (χ1) is 14.1. The Bertz CT molecular complexity index is 898. The summed E-state index contributed by atoms with van der Waals surface area (Å²) in [6.07, 6.45) is 3.63. The van der Waals surface area contributed by atoms with Crippen molar-refractivity contribution >= 4 is 17.5 Å². The zero-order valence-corrected chi connectivity index (χ0v) is 17.6. The van der Waals surface area contributed by atoms with Crippen molar-refractivity contribution in [2.24, 2.45) is 5.73 Å². The van der Waals surface area contributed by atoms with Crippen LogP contribution in [0.15, 0.2) is 36.4 Å². The lowest BCUT2D eigenvalue weighted by Gasteiger charge is -2.24. The van der Waals surface area contributed by atoms with Crippen LogP contribution in [0.25, 0.3) is 0 Å². The SMILES string of the molecule is Cc1c(Oc2cccc(Cl)c2)ccc(C(=O)N2CCCN(C3CC3)CC2)c1CN. The van der Waals surface area contributed by atoms with Gasteiger partial charge in [-0.05, 0) is 67.6 Å². The first-order valence-electron chi connectivity index (χ1n) is 10.4. The fraction of sp³-hybridized carbons (Fsp3) is 0.435. The van der Waals surface area contributed by atoms with Gasteiger partial charge in [0.25, 0.3) is 5.91 Å². The normalized spacial score (nSPS) is 17.8. The Labute approximate surface area is 177 Å². The second-order valence-electron chi connectivity index (χ2n) is 7.89. The van der Waals surface area contributed by atoms with Crippen LogP contribution in [0.3, 0.4) is 0 Å². The highest BCUT2D eigenvalue weighted by molar-refractivity contribution is 6.30. The second kappa shape index (κ2) is 8.74. The van der Waals surface area contributed by atoms with Gasteiger partial charge in [0.15, 0.2) is 0 Å². The fourth-order valence-corrected chi connectivity index (χ4v) is 4.26. The van der Waals surface area contributed by atoms with Crippen LogP contribution in [0, 0.1) is 6.92 Å². The van der Waals surface area contributed by atoms with E-state index in [1.54, 1.807) is 12.1 Å². The maximum absolute atomic E-state index is 13.3. The molecule has 4 rings (SSSR count). The molecule has 6 heteroatoms. The molecule has 0 spiro atoms. The standard InChI is InChI=1S/C23H28ClN3O2/c1-16-21(15-25)20(8-9-22(16)29-19-5-2-4-17(24)14-19)23(28)27-11-3-10-26(12-13-27)18-6-7-18/h2,4-5,8-9,14,18H,3,6-7,10-13,15,25H2,1H3. The Hall–Kier alpha value is -2.08. The van der Waals surface area contributed by atoms with Gasteiger partial charge in [-0.15, -0.1) is 0 Å². The molecule has 29 heavy (non-hydrogen) atoms. The van der Waals surface area contributed by atoms with E-state index in [0.717, 1.165) is 49.8 Å². The predicted octanol–water partition coefficient (Wildman–Crippen LogP) is 4.21. The Morgan fingerprint density at radius 3 is 2.72 bits per heavy atom. The van der Waals surface area contributed by atoms with Crippen LogP contribution in [0.4, 0.5) is 0 Å². The summed E-state index contributed by atoms with van der Waals surface area (Å²) >= 11 is 6.06. The van der Waals surface area contributed by atoms with E-state index in [1.807, 2.05) is 36.1 Å². The molecule has 2 aliphatic rings. The Morgan fingerprint density at radius 1 is 1.17 bits per heavy atom. The Morgan fingerprint density at radius 2 is 2.00 bits per heavy atom. The second-order valence-corrected chi connectivity index (χ2v) is 8.33. The predicted molar refractivity (Wildman–Crippen MR) is 116 cm³/mol. The summed E-state index contributed by atoms with van der Waals surface area (Å²) in [5.41, 5.74) is 8.48. The number of nitrogens with zero attached hydrogens (tertiary/aromatic N) is 2. The molecule has 2 aromatic carbocycles. The van der Waals surface area contributed by atoms with Crippen molar-refractivity contribution in [3.63, 3.8) is 0 Å². The van der Waals surface area contributed by atoms with Crippen LogP contribution < -0.4 is 10.5 Å². The molecule has 2 aromatic rings. The topological polar surface area (TPSA) is 58.8 Å². The lowest BCUT2D eigenvalue weighted by Crippen LogP contribution is -2.36. The molecule has 0 aromatic heterocycles. The largest absolute Gasteiger partial charge is 0.457 e. The average Bonchev–Trinajstić information content (AvgIpc) is 3.55. The lowest BCUT2D eigenvalue weighted by atomic mass is 9.99. The quantitative estimate of drug-likeness (QED) is 0.797. The number of nitrogens with two attached hydrogens (primary N) is 1. The zero-order chi connectivity index (χ0) is 20.4. The van der Waals surface area contributed by atoms with Crippen LogP contribution in [0.5, 0.6) is 11.5 Å². The highest BCUT2D eigenvalue weighted by atomic mass is 35.5. The summed E-state index contributed by atoms with van der Waals surface area (Å²) < 4.78 is 6.01. The van der Waals surface area contributed by atoms with Crippen molar-refractivity contribution in [2.45, 2.75) is 38.8 Å². The molecule has 5 nitrogen and oxygen atoms in total. The molecule has 1 saturated heterocycles. The summed E-state index contributed by atoms with van der Waals surface area (Å²) in [7, 11) is 0. The summed E-state index contributed by atoms with van der Waals surface area (Å²) in [4.78, 5) is 17.8. The molecule has 154 valence electrons. The van der Waals surface area contributed by atoms with E-state index in [2.05, 4.69) is 4.90 Å². The molecule has 1 heterocycles. The van der Waals surface area contributed by atoms with Crippen molar-refractivity contribution in [3.8, 4) is 11.5 Å². The van der Waals surface area contributed by atoms with E-state index >= 15 is 0 Å². The number of carbonyl (C=O) groups is 1. The smallest absolute Gasteiger partial charge is 0.254 e. The molecule has 0 bridgehead atoms. The van der Waals surface area contributed by atoms with E-state index in [4.69, 9.17) is 22.1 Å². The van der Waals surface area contributed by atoms with Gasteiger partial charge >= 0.3 is 0 Å². The number of halogens is 1. The molecular weight excluding hydrogens is 386 g/mol. The highest BCUT2D eigenvalue weighted by Gasteiger charge is 2.31. The molecule has 2 N–H and O–H groups in total. The van der Waals surface area contributed by atoms with E-state index in [0.29, 0.717) is 28.6 Å². The van der Waals surface area contributed by atoms with Gasteiger partial charge in [-0.3, -0.25) is 9.69 Å². The number of hydrogen-bond donors (Lipinski definition) is 1. The van der Waals surface area contributed by atoms with Gasteiger partial charge in [-0.1, -0.05) is 17.7 Å². The van der Waals surface area contributed by atoms with Crippen molar-refractivity contribution in [2.75, 3.05) is 26.2 Å². The van der Waals surface area contributed by atoms with Crippen molar-refractivity contribution < 1.29 is 9.53 Å². The molecule has 1 aliphatic heterocycles. The number of ether oxygens (including phenoxy) is 1. The van der Waals surface area contributed by atoms with Crippen LogP contribution in [-0.4, -0.2) is 47.9 Å². The molecule has 2 fully saturated rings. The molecule has 0 atom stereocenters. The molecule has 0 radical (unpaired) electrons. The summed E-state index contributed by atoms with van der Waals surface area (Å²) in [6, 6.07) is 11.7. The van der Waals surface area contributed by atoms with E-state index in [9.17, 15) is 4.79 Å². The van der Waals surface area contributed by atoms with Crippen molar-refractivity contribution in [1.82, 2.24) is 9.80 Å². The third-order valence-electron chi connectivity index (χ3n) is 5.89. The summed E-state index contributed by atoms with van der Waals surface area (Å²) in [5, 5.41) is 0.618. The Kier molecular flexibility index (Phi) is 6.09. The monoisotopic (exact) mass is 413 g/mol. The van der Waals surface area contributed by atoms with E-state index < -0.39 is 0 Å². The number of benzene rings is 2. The van der Waals surface area contributed by atoms with Gasteiger partial charge in [-0.25, -0.2) is 0 Å². The van der Waals surface area contributed by atoms with Crippen LogP contribution in [0.2, 0.25) is 5.02 Å². The van der Waals surface area contributed by atoms with Crippen LogP contribution in [-0.2, 0) is 6.54 Å². The van der Waals surface area contributed by atoms with Crippen molar-refractivity contribution in [3.05, 3.63) is 58.1 Å². The van der Waals surface area contributed by atoms with Gasteiger partial charge in [0, 0.05) is 49.4 Å². The number of rotatable bonds is 5. The lowest BCUT2D eigenvalue weighted by molar-refractivity contribution is 0.0759. The molecule has 1 amide bonds. The van der Waals surface area contributed by atoms with Gasteiger partial charge in [0.05, 0.1) is 0 Å². The molecule has 1 aliphatic carbocycles. The van der Waals surface area contributed by atoms with Crippen LogP contribution >= 0.6 is 11.6 Å². The number of hydrogen-bond acceptors (Lipinski definition) is 4. The van der Waals surface area contributed by atoms with Gasteiger partial charge < -0.3 is 15.4 Å². The highest BCUT2D eigenvalue weighted by Crippen LogP contribution is 2.31. The van der Waals surface area contributed by atoms with Gasteiger partial charge in [0.1, 0.15) is 11.5 Å². The number of carbonyl (C=O) groups excluding carboxylic acids is 1. The minimum absolute atomic E-state index is 0.0699. The molecule has 0 unspecified atom stereocenters. The van der Waals surface area contributed by atoms with Crippen molar-refractivity contribution in [1.29, 1.82) is 0 Å². The first kappa shape index (κ1) is 20.2. The van der Waals surface area contributed by atoms with E-state index in [-0.39, 0.29) is 5.91 Å². The molecular formula is C23H28ClN3O2. The minimum atomic E-state index is 0.0699. The van der Waals surface area contributed by atoms with Crippen LogP contribution in [0.1, 0.15) is 40.7 Å². The third kappa shape index (κ3) is 4.58. The van der Waals surface area contributed by atoms with Gasteiger partial charge in [-0.2, -0.15) is 0 Å². The maximum atomic E-state index is 13.3. The first-order valence-corrected chi connectivity index (χ1v) is 10.7. The summed E-state index contributed by atoms with van der Waals surface area (Å²) in [6.45, 7) is 5.87. The van der Waals surface area contributed by atoms with E-state index in [1.165, 1.54) is 12.8 Å². The zero-order valence-electron chi connectivity index (χ0n) is 16.9. The average molecular weight is 414 g/mol. The summed E-state index contributed by atoms with van der Waals surface area (Å²) in [5.74, 6) is 1.43.